The molecule has 1 amide bonds. The molecule has 0 spiro atoms. The van der Waals surface area contributed by atoms with Crippen LogP contribution in [-0.4, -0.2) is 31.0 Å². The largest absolute Gasteiger partial charge is 0.489 e. The lowest BCUT2D eigenvalue weighted by Gasteiger charge is -2.18. The zero-order valence-corrected chi connectivity index (χ0v) is 15.7. The maximum atomic E-state index is 13.5. The zero-order valence-electron chi connectivity index (χ0n) is 15.7. The van der Waals surface area contributed by atoms with E-state index in [2.05, 4.69) is 0 Å². The molecule has 0 saturated carbocycles. The summed E-state index contributed by atoms with van der Waals surface area (Å²) in [6, 6.07) is 23.1. The Bertz CT molecular complexity index is 897. The molecule has 3 rings (SSSR count). The predicted octanol–water partition coefficient (Wildman–Crippen LogP) is 4.56. The third-order valence-corrected chi connectivity index (χ3v) is 4.22. The van der Waals surface area contributed by atoms with Crippen LogP contribution in [0, 0.1) is 5.82 Å². The van der Waals surface area contributed by atoms with Gasteiger partial charge in [-0.1, -0.05) is 42.5 Å². The van der Waals surface area contributed by atoms with Crippen molar-refractivity contribution in [1.29, 1.82) is 0 Å². The summed E-state index contributed by atoms with van der Waals surface area (Å²) in [6.07, 6.45) is 0. The number of ether oxygens (including phenoxy) is 2. The molecule has 0 bridgehead atoms. The van der Waals surface area contributed by atoms with E-state index in [0.29, 0.717) is 24.5 Å². The second kappa shape index (κ2) is 9.55. The topological polar surface area (TPSA) is 38.8 Å². The van der Waals surface area contributed by atoms with Gasteiger partial charge in [0.25, 0.3) is 5.91 Å². The summed E-state index contributed by atoms with van der Waals surface area (Å²) in [4.78, 5) is 14.0. The van der Waals surface area contributed by atoms with E-state index in [0.717, 1.165) is 5.56 Å². The lowest BCUT2D eigenvalue weighted by Crippen LogP contribution is -2.30. The summed E-state index contributed by atoms with van der Waals surface area (Å²) in [5.74, 6) is 0.337. The first-order valence-corrected chi connectivity index (χ1v) is 9.03. The summed E-state index contributed by atoms with van der Waals surface area (Å²) in [5.41, 5.74) is 1.64. The molecule has 0 atom stereocenters. The normalized spacial score (nSPS) is 10.4. The highest BCUT2D eigenvalue weighted by atomic mass is 19.1. The Hall–Kier alpha value is -3.34. The van der Waals surface area contributed by atoms with Gasteiger partial charge < -0.3 is 14.4 Å². The van der Waals surface area contributed by atoms with Crippen molar-refractivity contribution in [3.05, 3.63) is 95.8 Å². The van der Waals surface area contributed by atoms with Crippen molar-refractivity contribution in [3.8, 4) is 11.5 Å². The smallest absolute Gasteiger partial charge is 0.253 e. The molecule has 0 heterocycles. The van der Waals surface area contributed by atoms with E-state index in [1.807, 2.05) is 30.3 Å². The maximum Gasteiger partial charge on any atom is 0.253 e. The molecule has 4 nitrogen and oxygen atoms in total. The Morgan fingerprint density at radius 2 is 1.57 bits per heavy atom. The third-order valence-electron chi connectivity index (χ3n) is 4.22. The van der Waals surface area contributed by atoms with Crippen molar-refractivity contribution >= 4 is 5.91 Å². The fourth-order valence-corrected chi connectivity index (χ4v) is 2.61. The van der Waals surface area contributed by atoms with Gasteiger partial charge in [-0.3, -0.25) is 4.79 Å². The molecule has 0 saturated heterocycles. The van der Waals surface area contributed by atoms with Crippen LogP contribution < -0.4 is 9.47 Å². The minimum absolute atomic E-state index is 0.133. The van der Waals surface area contributed by atoms with Gasteiger partial charge >= 0.3 is 0 Å². The highest BCUT2D eigenvalue weighted by Gasteiger charge is 2.12. The van der Waals surface area contributed by atoms with E-state index in [-0.39, 0.29) is 18.3 Å². The molecule has 0 aliphatic rings. The molecule has 0 aliphatic carbocycles. The zero-order chi connectivity index (χ0) is 19.8. The molecule has 0 aromatic heterocycles. The third kappa shape index (κ3) is 5.33. The summed E-state index contributed by atoms with van der Waals surface area (Å²) in [5, 5.41) is 0. The first kappa shape index (κ1) is 19.4. The molecular formula is C23H22FNO3. The van der Waals surface area contributed by atoms with Gasteiger partial charge in [-0.05, 0) is 42.0 Å². The Morgan fingerprint density at radius 3 is 2.29 bits per heavy atom. The molecular weight excluding hydrogens is 357 g/mol. The quantitative estimate of drug-likeness (QED) is 0.576. The summed E-state index contributed by atoms with van der Waals surface area (Å²) >= 11 is 0. The Morgan fingerprint density at radius 1 is 0.893 bits per heavy atom. The molecule has 3 aromatic carbocycles. The van der Waals surface area contributed by atoms with Crippen LogP contribution in [0.1, 0.15) is 15.9 Å². The number of carbonyl (C=O) groups excluding carboxylic acids is 1. The summed E-state index contributed by atoms with van der Waals surface area (Å²) in [6.45, 7) is 1.03. The van der Waals surface area contributed by atoms with Crippen molar-refractivity contribution in [3.63, 3.8) is 0 Å². The lowest BCUT2D eigenvalue weighted by molar-refractivity contribution is 0.0773. The van der Waals surface area contributed by atoms with Crippen molar-refractivity contribution in [2.75, 3.05) is 20.2 Å². The molecule has 0 unspecified atom stereocenters. The van der Waals surface area contributed by atoms with Gasteiger partial charge in [-0.15, -0.1) is 0 Å². The minimum Gasteiger partial charge on any atom is -0.489 e. The lowest BCUT2D eigenvalue weighted by atomic mass is 10.2. The van der Waals surface area contributed by atoms with E-state index < -0.39 is 5.82 Å². The highest BCUT2D eigenvalue weighted by molar-refractivity contribution is 5.94. The Labute approximate surface area is 164 Å². The average molecular weight is 379 g/mol. The number of benzene rings is 3. The van der Waals surface area contributed by atoms with Crippen LogP contribution in [0.5, 0.6) is 11.5 Å². The fraction of sp³-hybridized carbons (Fsp3) is 0.174. The molecule has 0 aliphatic heterocycles. The molecule has 5 heteroatoms. The Balaban J connectivity index is 1.48. The number of carbonyl (C=O) groups is 1. The molecule has 0 N–H and O–H groups in total. The van der Waals surface area contributed by atoms with E-state index in [4.69, 9.17) is 9.47 Å². The predicted molar refractivity (Wildman–Crippen MR) is 106 cm³/mol. The molecule has 28 heavy (non-hydrogen) atoms. The molecule has 3 aromatic rings. The van der Waals surface area contributed by atoms with Crippen molar-refractivity contribution in [2.45, 2.75) is 6.61 Å². The number of para-hydroxylation sites is 1. The highest BCUT2D eigenvalue weighted by Crippen LogP contribution is 2.17. The minimum atomic E-state index is -0.414. The number of hydrogen-bond acceptors (Lipinski definition) is 3. The second-order valence-electron chi connectivity index (χ2n) is 6.30. The number of likely N-dealkylation sites (N-methyl/N-ethyl adjacent to an activating group) is 1. The summed E-state index contributed by atoms with van der Waals surface area (Å²) < 4.78 is 24.7. The van der Waals surface area contributed by atoms with Gasteiger partial charge in [0.15, 0.2) is 11.6 Å². The maximum absolute atomic E-state index is 13.5. The van der Waals surface area contributed by atoms with E-state index in [1.54, 1.807) is 54.4 Å². The molecule has 144 valence electrons. The standard InChI is InChI=1S/C23H22FNO3/c1-25(15-16-27-22-10-6-5-9-21(22)24)23(26)19-11-13-20(14-12-19)28-17-18-7-3-2-4-8-18/h2-14H,15-17H2,1H3. The van der Waals surface area contributed by atoms with Crippen LogP contribution in [0.3, 0.4) is 0 Å². The van der Waals surface area contributed by atoms with Crippen molar-refractivity contribution < 1.29 is 18.7 Å². The fourth-order valence-electron chi connectivity index (χ4n) is 2.61. The average Bonchev–Trinajstić information content (AvgIpc) is 2.74. The first-order valence-electron chi connectivity index (χ1n) is 9.03. The van der Waals surface area contributed by atoms with Crippen LogP contribution in [0.25, 0.3) is 0 Å². The molecule has 0 fully saturated rings. The second-order valence-corrected chi connectivity index (χ2v) is 6.30. The van der Waals surface area contributed by atoms with E-state index in [1.165, 1.54) is 6.07 Å². The Kier molecular flexibility index (Phi) is 6.63. The van der Waals surface area contributed by atoms with Crippen molar-refractivity contribution in [2.24, 2.45) is 0 Å². The number of rotatable bonds is 8. The monoisotopic (exact) mass is 379 g/mol. The van der Waals surface area contributed by atoms with Crippen LogP contribution in [0.2, 0.25) is 0 Å². The van der Waals surface area contributed by atoms with Gasteiger partial charge in [0.2, 0.25) is 0 Å². The number of nitrogens with zero attached hydrogens (tertiary/aromatic N) is 1. The van der Waals surface area contributed by atoms with Crippen molar-refractivity contribution in [1.82, 2.24) is 4.90 Å². The van der Waals surface area contributed by atoms with Gasteiger partial charge in [0.05, 0.1) is 6.54 Å². The number of amides is 1. The number of hydrogen-bond donors (Lipinski definition) is 0. The SMILES string of the molecule is CN(CCOc1ccccc1F)C(=O)c1ccc(OCc2ccccc2)cc1. The first-order chi connectivity index (χ1) is 13.6. The van der Waals surface area contributed by atoms with Crippen LogP contribution in [0.15, 0.2) is 78.9 Å². The van der Waals surface area contributed by atoms with Crippen LogP contribution in [-0.2, 0) is 6.61 Å². The van der Waals surface area contributed by atoms with Gasteiger partial charge in [0.1, 0.15) is 19.0 Å². The van der Waals surface area contributed by atoms with Gasteiger partial charge in [0, 0.05) is 12.6 Å². The van der Waals surface area contributed by atoms with Gasteiger partial charge in [-0.2, -0.15) is 0 Å². The van der Waals surface area contributed by atoms with E-state index in [9.17, 15) is 9.18 Å². The van der Waals surface area contributed by atoms with Gasteiger partial charge in [-0.25, -0.2) is 4.39 Å². The van der Waals surface area contributed by atoms with E-state index >= 15 is 0 Å². The number of halogens is 1. The molecule has 0 radical (unpaired) electrons. The summed E-state index contributed by atoms with van der Waals surface area (Å²) in [7, 11) is 1.69. The van der Waals surface area contributed by atoms with Crippen LogP contribution >= 0.6 is 0 Å². The van der Waals surface area contributed by atoms with Crippen LogP contribution in [0.4, 0.5) is 4.39 Å².